The molecule has 7 heteroatoms. The van der Waals surface area contributed by atoms with Crippen LogP contribution < -0.4 is 10.9 Å². The average molecular weight is 326 g/mol. The standard InChI is InChI=1S/C12H16BrN5O/c1-8(2)7-18-12(19)11(13)9(6-14-18)15-10-4-5-17(3)16-10/h4-6,8H,7H2,1-3H3,(H,15,16). The minimum absolute atomic E-state index is 0.144. The van der Waals surface area contributed by atoms with Gasteiger partial charge in [0.05, 0.1) is 11.9 Å². The van der Waals surface area contributed by atoms with E-state index in [1.165, 1.54) is 4.68 Å². The first-order valence-electron chi connectivity index (χ1n) is 5.99. The van der Waals surface area contributed by atoms with Gasteiger partial charge in [0, 0.05) is 25.9 Å². The molecule has 0 spiro atoms. The number of hydrogen-bond donors (Lipinski definition) is 1. The van der Waals surface area contributed by atoms with Gasteiger partial charge < -0.3 is 5.32 Å². The van der Waals surface area contributed by atoms with Gasteiger partial charge in [-0.15, -0.1) is 0 Å². The number of rotatable bonds is 4. The number of nitrogens with one attached hydrogen (secondary N) is 1. The van der Waals surface area contributed by atoms with E-state index in [9.17, 15) is 4.79 Å². The minimum atomic E-state index is -0.144. The lowest BCUT2D eigenvalue weighted by Gasteiger charge is -2.10. The zero-order valence-electron chi connectivity index (χ0n) is 11.1. The second-order valence-corrected chi connectivity index (χ2v) is 5.55. The highest BCUT2D eigenvalue weighted by Crippen LogP contribution is 2.20. The fraction of sp³-hybridized carbons (Fsp3) is 0.417. The fourth-order valence-corrected chi connectivity index (χ4v) is 2.05. The lowest BCUT2D eigenvalue weighted by Crippen LogP contribution is -2.26. The molecular formula is C12H16BrN5O. The number of aromatic nitrogens is 4. The van der Waals surface area contributed by atoms with Gasteiger partial charge in [0.1, 0.15) is 4.47 Å². The maximum absolute atomic E-state index is 12.1. The third kappa shape index (κ3) is 3.23. The van der Waals surface area contributed by atoms with E-state index in [0.29, 0.717) is 28.4 Å². The summed E-state index contributed by atoms with van der Waals surface area (Å²) in [6, 6.07) is 1.83. The molecule has 2 heterocycles. The molecule has 102 valence electrons. The van der Waals surface area contributed by atoms with Crippen LogP contribution in [0.5, 0.6) is 0 Å². The molecule has 19 heavy (non-hydrogen) atoms. The molecule has 2 aromatic rings. The molecule has 0 saturated carbocycles. The molecule has 0 saturated heterocycles. The van der Waals surface area contributed by atoms with Crippen molar-refractivity contribution in [3.63, 3.8) is 0 Å². The molecule has 0 atom stereocenters. The molecule has 2 aromatic heterocycles. The van der Waals surface area contributed by atoms with Crippen molar-refractivity contribution in [2.45, 2.75) is 20.4 Å². The third-order valence-corrected chi connectivity index (χ3v) is 3.27. The minimum Gasteiger partial charge on any atom is -0.336 e. The third-order valence-electron chi connectivity index (χ3n) is 2.50. The van der Waals surface area contributed by atoms with Gasteiger partial charge in [0.15, 0.2) is 5.82 Å². The Hall–Kier alpha value is -1.63. The Morgan fingerprint density at radius 1 is 1.47 bits per heavy atom. The van der Waals surface area contributed by atoms with E-state index >= 15 is 0 Å². The summed E-state index contributed by atoms with van der Waals surface area (Å²) >= 11 is 3.31. The normalized spacial score (nSPS) is 11.0. The second kappa shape index (κ2) is 5.56. The van der Waals surface area contributed by atoms with Crippen molar-refractivity contribution in [3.8, 4) is 0 Å². The summed E-state index contributed by atoms with van der Waals surface area (Å²) in [6.45, 7) is 4.69. The van der Waals surface area contributed by atoms with Crippen LogP contribution >= 0.6 is 15.9 Å². The van der Waals surface area contributed by atoms with E-state index in [2.05, 4.69) is 31.4 Å². The smallest absolute Gasteiger partial charge is 0.283 e. The number of anilines is 2. The predicted molar refractivity (Wildman–Crippen MR) is 77.5 cm³/mol. The Kier molecular flexibility index (Phi) is 4.04. The molecule has 0 unspecified atom stereocenters. The van der Waals surface area contributed by atoms with Crippen LogP contribution in [-0.4, -0.2) is 19.6 Å². The van der Waals surface area contributed by atoms with Crippen LogP contribution in [-0.2, 0) is 13.6 Å². The quantitative estimate of drug-likeness (QED) is 0.935. The van der Waals surface area contributed by atoms with Crippen LogP contribution in [0.1, 0.15) is 13.8 Å². The van der Waals surface area contributed by atoms with Crippen LogP contribution in [0, 0.1) is 5.92 Å². The van der Waals surface area contributed by atoms with E-state index in [0.717, 1.165) is 0 Å². The first-order chi connectivity index (χ1) is 8.97. The first kappa shape index (κ1) is 13.8. The molecule has 0 radical (unpaired) electrons. The number of aryl methyl sites for hydroxylation is 1. The summed E-state index contributed by atoms with van der Waals surface area (Å²) in [6.07, 6.45) is 3.45. The van der Waals surface area contributed by atoms with E-state index < -0.39 is 0 Å². The van der Waals surface area contributed by atoms with Crippen molar-refractivity contribution >= 4 is 27.4 Å². The Morgan fingerprint density at radius 2 is 2.21 bits per heavy atom. The summed E-state index contributed by atoms with van der Waals surface area (Å²) in [5, 5.41) is 11.4. The Balaban J connectivity index is 2.28. The fourth-order valence-electron chi connectivity index (χ4n) is 1.65. The van der Waals surface area contributed by atoms with Gasteiger partial charge in [-0.2, -0.15) is 10.2 Å². The van der Waals surface area contributed by atoms with E-state index in [-0.39, 0.29) is 5.56 Å². The maximum Gasteiger partial charge on any atom is 0.283 e. The molecule has 0 aromatic carbocycles. The second-order valence-electron chi connectivity index (χ2n) is 4.75. The Morgan fingerprint density at radius 3 is 2.79 bits per heavy atom. The first-order valence-corrected chi connectivity index (χ1v) is 6.79. The number of halogens is 1. The zero-order valence-corrected chi connectivity index (χ0v) is 12.7. The van der Waals surface area contributed by atoms with Gasteiger partial charge in [0.25, 0.3) is 5.56 Å². The van der Waals surface area contributed by atoms with Gasteiger partial charge in [-0.25, -0.2) is 4.68 Å². The SMILES string of the molecule is CC(C)Cn1ncc(Nc2ccn(C)n2)c(Br)c1=O. The zero-order chi connectivity index (χ0) is 14.0. The summed E-state index contributed by atoms with van der Waals surface area (Å²) in [7, 11) is 1.83. The van der Waals surface area contributed by atoms with Crippen molar-refractivity contribution in [2.24, 2.45) is 13.0 Å². The van der Waals surface area contributed by atoms with Crippen LogP contribution in [0.3, 0.4) is 0 Å². The van der Waals surface area contributed by atoms with Crippen molar-refractivity contribution < 1.29 is 0 Å². The Bertz CT molecular complexity index is 631. The Labute approximate surface area is 119 Å². The molecule has 0 aliphatic carbocycles. The highest BCUT2D eigenvalue weighted by molar-refractivity contribution is 9.10. The average Bonchev–Trinajstić information content (AvgIpc) is 2.74. The van der Waals surface area contributed by atoms with Gasteiger partial charge in [0.2, 0.25) is 0 Å². The van der Waals surface area contributed by atoms with Gasteiger partial charge in [-0.05, 0) is 21.8 Å². The van der Waals surface area contributed by atoms with Crippen LogP contribution in [0.25, 0.3) is 0 Å². The van der Waals surface area contributed by atoms with Gasteiger partial charge in [-0.1, -0.05) is 13.8 Å². The molecule has 0 amide bonds. The highest BCUT2D eigenvalue weighted by atomic mass is 79.9. The highest BCUT2D eigenvalue weighted by Gasteiger charge is 2.10. The van der Waals surface area contributed by atoms with Gasteiger partial charge >= 0.3 is 0 Å². The predicted octanol–water partition coefficient (Wildman–Crippen LogP) is 2.14. The largest absolute Gasteiger partial charge is 0.336 e. The van der Waals surface area contributed by atoms with E-state index in [4.69, 9.17) is 0 Å². The molecule has 0 aliphatic heterocycles. The molecule has 0 fully saturated rings. The van der Waals surface area contributed by atoms with Gasteiger partial charge in [-0.3, -0.25) is 9.48 Å². The molecule has 6 nitrogen and oxygen atoms in total. The van der Waals surface area contributed by atoms with Crippen LogP contribution in [0.15, 0.2) is 27.7 Å². The summed E-state index contributed by atoms with van der Waals surface area (Å²) in [5.74, 6) is 1.04. The lowest BCUT2D eigenvalue weighted by molar-refractivity contribution is 0.463. The molecular weight excluding hydrogens is 310 g/mol. The molecule has 1 N–H and O–H groups in total. The van der Waals surface area contributed by atoms with E-state index in [1.807, 2.05) is 33.2 Å². The lowest BCUT2D eigenvalue weighted by atomic mass is 10.2. The van der Waals surface area contributed by atoms with Crippen molar-refractivity contribution in [2.75, 3.05) is 5.32 Å². The van der Waals surface area contributed by atoms with Crippen molar-refractivity contribution in [1.82, 2.24) is 19.6 Å². The van der Waals surface area contributed by atoms with Crippen LogP contribution in [0.2, 0.25) is 0 Å². The maximum atomic E-state index is 12.1. The number of hydrogen-bond acceptors (Lipinski definition) is 4. The van der Waals surface area contributed by atoms with Crippen molar-refractivity contribution in [3.05, 3.63) is 33.3 Å². The number of nitrogens with zero attached hydrogens (tertiary/aromatic N) is 4. The van der Waals surface area contributed by atoms with Crippen LogP contribution in [0.4, 0.5) is 11.5 Å². The van der Waals surface area contributed by atoms with Crippen molar-refractivity contribution in [1.29, 1.82) is 0 Å². The monoisotopic (exact) mass is 325 g/mol. The molecule has 0 bridgehead atoms. The topological polar surface area (TPSA) is 64.7 Å². The summed E-state index contributed by atoms with van der Waals surface area (Å²) in [5.41, 5.74) is 0.471. The van der Waals surface area contributed by atoms with E-state index in [1.54, 1.807) is 10.9 Å². The molecule has 2 rings (SSSR count). The molecule has 0 aliphatic rings. The summed E-state index contributed by atoms with van der Waals surface area (Å²) < 4.78 is 3.61. The summed E-state index contributed by atoms with van der Waals surface area (Å²) in [4.78, 5) is 12.1.